The molecular weight excluding hydrogens is 248 g/mol. The Bertz CT molecular complexity index is 451. The van der Waals surface area contributed by atoms with Crippen molar-refractivity contribution in [2.75, 3.05) is 6.54 Å². The predicted molar refractivity (Wildman–Crippen MR) is 79.9 cm³/mol. The quantitative estimate of drug-likeness (QED) is 0.898. The summed E-state index contributed by atoms with van der Waals surface area (Å²) in [6, 6.07) is 10.3. The minimum Gasteiger partial charge on any atom is -0.488 e. The van der Waals surface area contributed by atoms with E-state index in [0.717, 1.165) is 18.7 Å². The normalized spacial score (nSPS) is 36.5. The van der Waals surface area contributed by atoms with Crippen LogP contribution in [0, 0.1) is 0 Å². The van der Waals surface area contributed by atoms with Crippen LogP contribution in [0.3, 0.4) is 0 Å². The summed E-state index contributed by atoms with van der Waals surface area (Å²) < 4.78 is 6.13. The average Bonchev–Trinajstić information content (AvgIpc) is 2.82. The van der Waals surface area contributed by atoms with Crippen molar-refractivity contribution in [3.8, 4) is 5.75 Å². The van der Waals surface area contributed by atoms with Gasteiger partial charge in [0.1, 0.15) is 11.9 Å². The third kappa shape index (κ3) is 2.23. The summed E-state index contributed by atoms with van der Waals surface area (Å²) in [6.45, 7) is 1.08. The van der Waals surface area contributed by atoms with Gasteiger partial charge in [-0.15, -0.1) is 0 Å². The molecule has 0 aliphatic carbocycles. The second kappa shape index (κ2) is 5.05. The molecule has 3 heterocycles. The van der Waals surface area contributed by atoms with Gasteiger partial charge < -0.3 is 10.5 Å². The van der Waals surface area contributed by atoms with Crippen LogP contribution in [0.15, 0.2) is 24.3 Å². The summed E-state index contributed by atoms with van der Waals surface area (Å²) in [5.74, 6) is 1.09. The number of hydrogen-bond acceptors (Lipinski definition) is 3. The van der Waals surface area contributed by atoms with E-state index in [9.17, 15) is 0 Å². The molecular formula is C17H24N2O. The van der Waals surface area contributed by atoms with E-state index < -0.39 is 0 Å². The molecule has 1 aromatic rings. The van der Waals surface area contributed by atoms with Crippen molar-refractivity contribution in [2.24, 2.45) is 5.73 Å². The second-order valence-electron chi connectivity index (χ2n) is 6.72. The topological polar surface area (TPSA) is 38.5 Å². The van der Waals surface area contributed by atoms with E-state index in [2.05, 4.69) is 29.2 Å². The number of hydrogen-bond donors (Lipinski definition) is 1. The lowest BCUT2D eigenvalue weighted by Gasteiger charge is -2.48. The first-order chi connectivity index (χ1) is 9.79. The molecule has 4 rings (SSSR count). The predicted octanol–water partition coefficient (Wildman–Crippen LogP) is 2.33. The molecule has 3 aliphatic rings. The second-order valence-corrected chi connectivity index (χ2v) is 6.72. The summed E-state index contributed by atoms with van der Waals surface area (Å²) >= 11 is 0. The van der Waals surface area contributed by atoms with Crippen molar-refractivity contribution in [3.63, 3.8) is 0 Å². The highest BCUT2D eigenvalue weighted by atomic mass is 16.5. The van der Waals surface area contributed by atoms with Gasteiger partial charge in [-0.3, -0.25) is 4.90 Å². The highest BCUT2D eigenvalue weighted by Crippen LogP contribution is 2.35. The summed E-state index contributed by atoms with van der Waals surface area (Å²) in [5, 5.41) is 0. The van der Waals surface area contributed by atoms with Gasteiger partial charge in [0, 0.05) is 31.1 Å². The molecule has 2 bridgehead atoms. The standard InChI is InChI=1S/C17H24N2O/c18-13-9-14-5-3-6-15(10-13)19(14)11-16-8-12-4-1-2-7-17(12)20-16/h1-2,4,7,13-16H,3,5-6,8-11,18H2. The molecule has 20 heavy (non-hydrogen) atoms. The fraction of sp³-hybridized carbons (Fsp3) is 0.647. The Morgan fingerprint density at radius 2 is 1.90 bits per heavy atom. The van der Waals surface area contributed by atoms with E-state index in [4.69, 9.17) is 10.5 Å². The average molecular weight is 272 g/mol. The molecule has 3 heteroatoms. The Hall–Kier alpha value is -1.06. The van der Waals surface area contributed by atoms with Crippen LogP contribution < -0.4 is 10.5 Å². The highest BCUT2D eigenvalue weighted by molar-refractivity contribution is 5.37. The Labute approximate surface area is 121 Å². The Kier molecular flexibility index (Phi) is 3.20. The van der Waals surface area contributed by atoms with Gasteiger partial charge in [-0.1, -0.05) is 24.6 Å². The number of ether oxygens (including phenoxy) is 1. The van der Waals surface area contributed by atoms with Gasteiger partial charge in [-0.2, -0.15) is 0 Å². The van der Waals surface area contributed by atoms with E-state index in [1.807, 2.05) is 0 Å². The lowest BCUT2D eigenvalue weighted by Crippen LogP contribution is -2.57. The van der Waals surface area contributed by atoms with Crippen molar-refractivity contribution in [2.45, 2.75) is 62.8 Å². The first-order valence-corrected chi connectivity index (χ1v) is 8.05. The van der Waals surface area contributed by atoms with E-state index in [1.165, 1.54) is 37.7 Å². The minimum absolute atomic E-state index is 0.338. The lowest BCUT2D eigenvalue weighted by atomic mass is 9.82. The molecule has 1 aromatic carbocycles. The van der Waals surface area contributed by atoms with Crippen LogP contribution in [0.5, 0.6) is 5.75 Å². The van der Waals surface area contributed by atoms with Gasteiger partial charge in [-0.25, -0.2) is 0 Å². The number of benzene rings is 1. The molecule has 2 N–H and O–H groups in total. The van der Waals surface area contributed by atoms with Crippen LogP contribution >= 0.6 is 0 Å². The number of para-hydroxylation sites is 1. The zero-order valence-corrected chi connectivity index (χ0v) is 12.0. The zero-order chi connectivity index (χ0) is 13.5. The van der Waals surface area contributed by atoms with Gasteiger partial charge in [0.25, 0.3) is 0 Å². The lowest BCUT2D eigenvalue weighted by molar-refractivity contribution is 0.00554. The van der Waals surface area contributed by atoms with Crippen LogP contribution in [0.25, 0.3) is 0 Å². The van der Waals surface area contributed by atoms with E-state index >= 15 is 0 Å². The van der Waals surface area contributed by atoms with Gasteiger partial charge in [-0.05, 0) is 37.3 Å². The molecule has 0 amide bonds. The molecule has 3 unspecified atom stereocenters. The van der Waals surface area contributed by atoms with Crippen LogP contribution in [0.2, 0.25) is 0 Å². The number of rotatable bonds is 2. The number of piperidine rings is 2. The van der Waals surface area contributed by atoms with Gasteiger partial charge in [0.05, 0.1) is 0 Å². The van der Waals surface area contributed by atoms with Crippen LogP contribution in [-0.2, 0) is 6.42 Å². The first kappa shape index (κ1) is 12.7. The first-order valence-electron chi connectivity index (χ1n) is 8.05. The summed E-state index contributed by atoms with van der Waals surface area (Å²) in [4.78, 5) is 2.71. The van der Waals surface area contributed by atoms with E-state index in [-0.39, 0.29) is 0 Å². The molecule has 0 aromatic heterocycles. The molecule has 3 atom stereocenters. The monoisotopic (exact) mass is 272 g/mol. The van der Waals surface area contributed by atoms with E-state index in [0.29, 0.717) is 24.2 Å². The Morgan fingerprint density at radius 1 is 1.15 bits per heavy atom. The highest BCUT2D eigenvalue weighted by Gasteiger charge is 2.39. The molecule has 3 aliphatic heterocycles. The molecule has 108 valence electrons. The van der Waals surface area contributed by atoms with Crippen molar-refractivity contribution < 1.29 is 4.74 Å². The molecule has 0 radical (unpaired) electrons. The van der Waals surface area contributed by atoms with Crippen LogP contribution in [-0.4, -0.2) is 35.7 Å². The zero-order valence-electron chi connectivity index (χ0n) is 12.0. The van der Waals surface area contributed by atoms with Crippen LogP contribution in [0.4, 0.5) is 0 Å². The fourth-order valence-electron chi connectivity index (χ4n) is 4.41. The maximum atomic E-state index is 6.21. The molecule has 0 spiro atoms. The molecule has 2 saturated heterocycles. The van der Waals surface area contributed by atoms with Crippen molar-refractivity contribution in [1.29, 1.82) is 0 Å². The number of nitrogens with two attached hydrogens (primary N) is 1. The maximum absolute atomic E-state index is 6.21. The minimum atomic E-state index is 0.338. The Morgan fingerprint density at radius 3 is 2.65 bits per heavy atom. The SMILES string of the molecule is NC1CC2CCCC(C1)N2CC1Cc2ccccc2O1. The van der Waals surface area contributed by atoms with Gasteiger partial charge >= 0.3 is 0 Å². The van der Waals surface area contributed by atoms with E-state index in [1.54, 1.807) is 0 Å². The Balaban J connectivity index is 1.45. The molecule has 0 saturated carbocycles. The van der Waals surface area contributed by atoms with Gasteiger partial charge in [0.15, 0.2) is 0 Å². The van der Waals surface area contributed by atoms with Crippen molar-refractivity contribution >= 4 is 0 Å². The fourth-order valence-corrected chi connectivity index (χ4v) is 4.41. The third-order valence-corrected chi connectivity index (χ3v) is 5.29. The van der Waals surface area contributed by atoms with Crippen LogP contribution in [0.1, 0.15) is 37.7 Å². The largest absolute Gasteiger partial charge is 0.488 e. The van der Waals surface area contributed by atoms with Crippen molar-refractivity contribution in [1.82, 2.24) is 4.90 Å². The summed E-state index contributed by atoms with van der Waals surface area (Å²) in [5.41, 5.74) is 7.58. The number of nitrogens with zero attached hydrogens (tertiary/aromatic N) is 1. The summed E-state index contributed by atoms with van der Waals surface area (Å²) in [6.07, 6.45) is 7.78. The maximum Gasteiger partial charge on any atom is 0.123 e. The summed E-state index contributed by atoms with van der Waals surface area (Å²) in [7, 11) is 0. The number of fused-ring (bicyclic) bond motifs is 3. The molecule has 2 fully saturated rings. The third-order valence-electron chi connectivity index (χ3n) is 5.29. The smallest absolute Gasteiger partial charge is 0.123 e. The molecule has 3 nitrogen and oxygen atoms in total. The van der Waals surface area contributed by atoms with Crippen molar-refractivity contribution in [3.05, 3.63) is 29.8 Å². The van der Waals surface area contributed by atoms with Gasteiger partial charge in [0.2, 0.25) is 0 Å².